The van der Waals surface area contributed by atoms with Gasteiger partial charge in [-0.2, -0.15) is 0 Å². The van der Waals surface area contributed by atoms with E-state index in [4.69, 9.17) is 4.74 Å². The third kappa shape index (κ3) is 4.12. The monoisotopic (exact) mass is 352 g/mol. The molecule has 1 saturated heterocycles. The maximum absolute atomic E-state index is 12.2. The topological polar surface area (TPSA) is 50.7 Å². The number of nitrogens with zero attached hydrogens (tertiary/aromatic N) is 1. The Kier molecular flexibility index (Phi) is 5.24. The van der Waals surface area contributed by atoms with Crippen LogP contribution in [0.1, 0.15) is 23.6 Å². The third-order valence-electron chi connectivity index (χ3n) is 3.94. The van der Waals surface area contributed by atoms with Crippen LogP contribution < -0.4 is 10.1 Å². The molecule has 0 saturated carbocycles. The van der Waals surface area contributed by atoms with Crippen molar-refractivity contribution in [1.29, 1.82) is 0 Å². The van der Waals surface area contributed by atoms with Gasteiger partial charge in [0.05, 0.1) is 17.7 Å². The quantitative estimate of drug-likeness (QED) is 0.827. The predicted molar refractivity (Wildman–Crippen MR) is 104 cm³/mol. The third-order valence-corrected chi connectivity index (χ3v) is 4.85. The zero-order valence-corrected chi connectivity index (χ0v) is 15.3. The summed E-state index contributed by atoms with van der Waals surface area (Å²) in [5.41, 5.74) is 4.10. The molecule has 4 nitrogen and oxygen atoms in total. The van der Waals surface area contributed by atoms with E-state index in [9.17, 15) is 4.79 Å². The SMILES string of the molecule is CCc1ccc(N=C2NC(=O)/C(=C/c3ccc(OC)c(C)c3)S2)cc1. The molecule has 0 aliphatic carbocycles. The van der Waals surface area contributed by atoms with Gasteiger partial charge in [0.15, 0.2) is 5.17 Å². The zero-order valence-electron chi connectivity index (χ0n) is 14.5. The highest BCUT2D eigenvalue weighted by Crippen LogP contribution is 2.29. The van der Waals surface area contributed by atoms with Gasteiger partial charge >= 0.3 is 0 Å². The van der Waals surface area contributed by atoms with Gasteiger partial charge in [0.25, 0.3) is 5.91 Å². The molecule has 0 spiro atoms. The van der Waals surface area contributed by atoms with Crippen LogP contribution >= 0.6 is 11.8 Å². The lowest BCUT2D eigenvalue weighted by atomic mass is 10.1. The van der Waals surface area contributed by atoms with E-state index in [1.165, 1.54) is 17.3 Å². The highest BCUT2D eigenvalue weighted by Gasteiger charge is 2.23. The predicted octanol–water partition coefficient (Wildman–Crippen LogP) is 4.46. The molecule has 1 aliphatic rings. The van der Waals surface area contributed by atoms with E-state index < -0.39 is 0 Å². The Hall–Kier alpha value is -2.53. The number of methoxy groups -OCH3 is 1. The lowest BCUT2D eigenvalue weighted by Crippen LogP contribution is -2.19. The fourth-order valence-electron chi connectivity index (χ4n) is 2.55. The second-order valence-electron chi connectivity index (χ2n) is 5.73. The van der Waals surface area contributed by atoms with Crippen LogP contribution in [-0.4, -0.2) is 18.2 Å². The summed E-state index contributed by atoms with van der Waals surface area (Å²) in [6.07, 6.45) is 2.87. The molecule has 1 N–H and O–H groups in total. The summed E-state index contributed by atoms with van der Waals surface area (Å²) in [7, 11) is 1.65. The fraction of sp³-hybridized carbons (Fsp3) is 0.200. The van der Waals surface area contributed by atoms with Gasteiger partial charge in [0.2, 0.25) is 0 Å². The van der Waals surface area contributed by atoms with Crippen molar-refractivity contribution in [3.63, 3.8) is 0 Å². The molecular weight excluding hydrogens is 332 g/mol. The summed E-state index contributed by atoms with van der Waals surface area (Å²) in [5, 5.41) is 3.42. The molecule has 2 aromatic rings. The van der Waals surface area contributed by atoms with Crippen LogP contribution in [0.4, 0.5) is 5.69 Å². The van der Waals surface area contributed by atoms with Gasteiger partial charge in [-0.05, 0) is 72.1 Å². The molecule has 0 atom stereocenters. The molecule has 1 amide bonds. The van der Waals surface area contributed by atoms with Crippen LogP contribution in [0.15, 0.2) is 52.4 Å². The number of carbonyl (C=O) groups is 1. The Labute approximate surface area is 152 Å². The number of rotatable bonds is 4. The largest absolute Gasteiger partial charge is 0.496 e. The molecule has 128 valence electrons. The smallest absolute Gasteiger partial charge is 0.264 e. The highest BCUT2D eigenvalue weighted by atomic mass is 32.2. The van der Waals surface area contributed by atoms with Crippen LogP contribution in [0.25, 0.3) is 6.08 Å². The molecule has 1 heterocycles. The van der Waals surface area contributed by atoms with Crippen LogP contribution in [0.3, 0.4) is 0 Å². The first-order valence-corrected chi connectivity index (χ1v) is 8.94. The molecule has 5 heteroatoms. The van der Waals surface area contributed by atoms with Crippen molar-refractivity contribution in [2.45, 2.75) is 20.3 Å². The summed E-state index contributed by atoms with van der Waals surface area (Å²) < 4.78 is 5.27. The van der Waals surface area contributed by atoms with Gasteiger partial charge in [0, 0.05) is 0 Å². The van der Waals surface area contributed by atoms with Crippen molar-refractivity contribution < 1.29 is 9.53 Å². The summed E-state index contributed by atoms with van der Waals surface area (Å²) >= 11 is 1.35. The minimum absolute atomic E-state index is 0.123. The number of ether oxygens (including phenoxy) is 1. The standard InChI is InChI=1S/C20H20N2O2S/c1-4-14-5-8-16(9-6-14)21-20-22-19(23)18(25-20)12-15-7-10-17(24-3)13(2)11-15/h5-12H,4H2,1-3H3,(H,21,22,23)/b18-12-. The normalized spacial score (nSPS) is 17.2. The first kappa shape index (κ1) is 17.3. The number of nitrogens with one attached hydrogen (secondary N) is 1. The minimum atomic E-state index is -0.123. The van der Waals surface area contributed by atoms with E-state index in [2.05, 4.69) is 29.4 Å². The van der Waals surface area contributed by atoms with E-state index in [-0.39, 0.29) is 5.91 Å². The second kappa shape index (κ2) is 7.57. The number of carbonyl (C=O) groups excluding carboxylic acids is 1. The maximum Gasteiger partial charge on any atom is 0.264 e. The van der Waals surface area contributed by atoms with Crippen LogP contribution in [0, 0.1) is 6.92 Å². The molecule has 3 rings (SSSR count). The van der Waals surface area contributed by atoms with E-state index >= 15 is 0 Å². The average molecular weight is 352 g/mol. The molecule has 1 fully saturated rings. The van der Waals surface area contributed by atoms with E-state index in [0.29, 0.717) is 10.1 Å². The van der Waals surface area contributed by atoms with Crippen molar-refractivity contribution in [2.75, 3.05) is 7.11 Å². The van der Waals surface area contributed by atoms with Crippen molar-refractivity contribution in [3.8, 4) is 5.75 Å². The number of benzene rings is 2. The van der Waals surface area contributed by atoms with Crippen molar-refractivity contribution in [1.82, 2.24) is 5.32 Å². The van der Waals surface area contributed by atoms with E-state index in [1.807, 2.05) is 43.3 Å². The molecule has 2 aromatic carbocycles. The van der Waals surface area contributed by atoms with E-state index in [0.717, 1.165) is 29.0 Å². The van der Waals surface area contributed by atoms with Gasteiger partial charge in [-0.15, -0.1) is 0 Å². The Morgan fingerprint density at radius 2 is 1.96 bits per heavy atom. The summed E-state index contributed by atoms with van der Waals surface area (Å²) in [4.78, 5) is 17.3. The Bertz CT molecular complexity index is 854. The zero-order chi connectivity index (χ0) is 17.8. The fourth-order valence-corrected chi connectivity index (χ4v) is 3.39. The Morgan fingerprint density at radius 1 is 1.20 bits per heavy atom. The van der Waals surface area contributed by atoms with Crippen LogP contribution in [0.2, 0.25) is 0 Å². The summed E-state index contributed by atoms with van der Waals surface area (Å²) in [6.45, 7) is 4.10. The van der Waals surface area contributed by atoms with Crippen LogP contribution in [-0.2, 0) is 11.2 Å². The molecular formula is C20H20N2O2S. The van der Waals surface area contributed by atoms with Crippen molar-refractivity contribution in [2.24, 2.45) is 4.99 Å². The number of aryl methyl sites for hydroxylation is 2. The maximum atomic E-state index is 12.2. The second-order valence-corrected chi connectivity index (χ2v) is 6.76. The first-order valence-electron chi connectivity index (χ1n) is 8.12. The van der Waals surface area contributed by atoms with Gasteiger partial charge in [0.1, 0.15) is 5.75 Å². The van der Waals surface area contributed by atoms with Gasteiger partial charge < -0.3 is 10.1 Å². The lowest BCUT2D eigenvalue weighted by molar-refractivity contribution is -0.115. The molecule has 0 aromatic heterocycles. The average Bonchev–Trinajstić information content (AvgIpc) is 2.95. The Balaban J connectivity index is 1.79. The molecule has 0 radical (unpaired) electrons. The van der Waals surface area contributed by atoms with E-state index in [1.54, 1.807) is 7.11 Å². The first-order chi connectivity index (χ1) is 12.1. The van der Waals surface area contributed by atoms with Crippen molar-refractivity contribution in [3.05, 3.63) is 64.1 Å². The lowest BCUT2D eigenvalue weighted by Gasteiger charge is -2.04. The van der Waals surface area contributed by atoms with Crippen molar-refractivity contribution >= 4 is 34.6 Å². The summed E-state index contributed by atoms with van der Waals surface area (Å²) in [6, 6.07) is 13.9. The van der Waals surface area contributed by atoms with Gasteiger partial charge in [-0.1, -0.05) is 25.1 Å². The number of hydrogen-bond donors (Lipinski definition) is 1. The molecule has 0 unspecified atom stereocenters. The number of amidine groups is 1. The number of thioether (sulfide) groups is 1. The molecule has 0 bridgehead atoms. The number of hydrogen-bond acceptors (Lipinski definition) is 4. The van der Waals surface area contributed by atoms with Gasteiger partial charge in [-0.25, -0.2) is 4.99 Å². The molecule has 25 heavy (non-hydrogen) atoms. The number of amides is 1. The van der Waals surface area contributed by atoms with Crippen LogP contribution in [0.5, 0.6) is 5.75 Å². The Morgan fingerprint density at radius 3 is 2.60 bits per heavy atom. The molecule has 1 aliphatic heterocycles. The minimum Gasteiger partial charge on any atom is -0.496 e. The number of aliphatic imine (C=N–C) groups is 1. The van der Waals surface area contributed by atoms with Gasteiger partial charge in [-0.3, -0.25) is 4.79 Å². The summed E-state index contributed by atoms with van der Waals surface area (Å²) in [5.74, 6) is 0.714. The highest BCUT2D eigenvalue weighted by molar-refractivity contribution is 8.18.